The number of hydrogen-bond acceptors (Lipinski definition) is 4. The molecule has 5 heteroatoms. The Bertz CT molecular complexity index is 492. The molecule has 0 radical (unpaired) electrons. The Morgan fingerprint density at radius 2 is 2.00 bits per heavy atom. The average molecular weight is 289 g/mol. The zero-order valence-electron chi connectivity index (χ0n) is 12.5. The maximum absolute atomic E-state index is 12.4. The molecular formula is C16H23N3O2. The predicted molar refractivity (Wildman–Crippen MR) is 82.8 cm³/mol. The van der Waals surface area contributed by atoms with Gasteiger partial charge in [0, 0.05) is 26.2 Å². The molecule has 114 valence electrons. The minimum Gasteiger partial charge on any atom is -0.495 e. The van der Waals surface area contributed by atoms with Crippen molar-refractivity contribution < 1.29 is 9.53 Å². The third-order valence-corrected chi connectivity index (χ3v) is 4.38. The van der Waals surface area contributed by atoms with Gasteiger partial charge in [-0.05, 0) is 31.5 Å². The van der Waals surface area contributed by atoms with Crippen molar-refractivity contribution in [1.82, 2.24) is 10.2 Å². The number of ether oxygens (including phenoxy) is 1. The summed E-state index contributed by atoms with van der Waals surface area (Å²) in [4.78, 5) is 16.7. The maximum atomic E-state index is 12.4. The van der Waals surface area contributed by atoms with Crippen molar-refractivity contribution in [3.05, 3.63) is 24.3 Å². The fourth-order valence-electron chi connectivity index (χ4n) is 3.17. The van der Waals surface area contributed by atoms with Gasteiger partial charge in [-0.3, -0.25) is 4.79 Å². The lowest BCUT2D eigenvalue weighted by Gasteiger charge is -2.37. The zero-order valence-corrected chi connectivity index (χ0v) is 12.5. The number of benzene rings is 1. The second-order valence-electron chi connectivity index (χ2n) is 5.63. The minimum absolute atomic E-state index is 0.0443. The van der Waals surface area contributed by atoms with Crippen molar-refractivity contribution in [2.24, 2.45) is 0 Å². The van der Waals surface area contributed by atoms with E-state index in [0.29, 0.717) is 0 Å². The van der Waals surface area contributed by atoms with E-state index in [1.807, 2.05) is 23.1 Å². The van der Waals surface area contributed by atoms with E-state index < -0.39 is 0 Å². The minimum atomic E-state index is 0.0443. The van der Waals surface area contributed by atoms with E-state index in [1.54, 1.807) is 7.11 Å². The smallest absolute Gasteiger partial charge is 0.239 e. The molecule has 21 heavy (non-hydrogen) atoms. The number of rotatable bonds is 3. The number of methoxy groups -OCH3 is 1. The van der Waals surface area contributed by atoms with Crippen LogP contribution in [0, 0.1) is 0 Å². The van der Waals surface area contributed by atoms with E-state index in [0.717, 1.165) is 57.0 Å². The number of hydrogen-bond donors (Lipinski definition) is 1. The molecule has 5 nitrogen and oxygen atoms in total. The van der Waals surface area contributed by atoms with Gasteiger partial charge in [0.2, 0.25) is 5.91 Å². The summed E-state index contributed by atoms with van der Waals surface area (Å²) in [6.45, 7) is 4.26. The first kappa shape index (κ1) is 14.2. The van der Waals surface area contributed by atoms with Crippen LogP contribution in [0.5, 0.6) is 5.75 Å². The Balaban J connectivity index is 1.61. The summed E-state index contributed by atoms with van der Waals surface area (Å²) < 4.78 is 5.42. The molecule has 1 N–H and O–H groups in total. The molecule has 2 aliphatic heterocycles. The summed E-state index contributed by atoms with van der Waals surface area (Å²) in [6, 6.07) is 8.11. The van der Waals surface area contributed by atoms with Gasteiger partial charge in [-0.15, -0.1) is 0 Å². The molecule has 2 heterocycles. The number of nitrogens with zero attached hydrogens (tertiary/aromatic N) is 2. The van der Waals surface area contributed by atoms with Crippen LogP contribution in [0.1, 0.15) is 12.8 Å². The summed E-state index contributed by atoms with van der Waals surface area (Å²) in [5.74, 6) is 1.17. The molecule has 0 aromatic heterocycles. The second-order valence-corrected chi connectivity index (χ2v) is 5.63. The van der Waals surface area contributed by atoms with Crippen molar-refractivity contribution >= 4 is 11.6 Å². The first-order chi connectivity index (χ1) is 10.3. The number of amides is 1. The van der Waals surface area contributed by atoms with Crippen molar-refractivity contribution in [2.45, 2.75) is 18.9 Å². The normalized spacial score (nSPS) is 22.4. The van der Waals surface area contributed by atoms with Gasteiger partial charge in [-0.1, -0.05) is 12.1 Å². The van der Waals surface area contributed by atoms with Gasteiger partial charge in [-0.25, -0.2) is 0 Å². The molecule has 3 rings (SSSR count). The maximum Gasteiger partial charge on any atom is 0.239 e. The van der Waals surface area contributed by atoms with E-state index in [-0.39, 0.29) is 11.9 Å². The molecule has 0 unspecified atom stereocenters. The van der Waals surface area contributed by atoms with Crippen LogP contribution in [-0.2, 0) is 4.79 Å². The van der Waals surface area contributed by atoms with E-state index in [4.69, 9.17) is 4.74 Å². The zero-order chi connectivity index (χ0) is 14.7. The van der Waals surface area contributed by atoms with Crippen LogP contribution in [0.4, 0.5) is 5.69 Å². The van der Waals surface area contributed by atoms with Gasteiger partial charge >= 0.3 is 0 Å². The number of anilines is 1. The summed E-state index contributed by atoms with van der Waals surface area (Å²) in [5.41, 5.74) is 1.12. The number of carbonyl (C=O) groups is 1. The summed E-state index contributed by atoms with van der Waals surface area (Å²) >= 11 is 0. The van der Waals surface area contributed by atoms with E-state index in [1.165, 1.54) is 0 Å². The highest BCUT2D eigenvalue weighted by Gasteiger charge is 2.29. The molecule has 1 aromatic carbocycles. The van der Waals surface area contributed by atoms with Crippen LogP contribution in [-0.4, -0.2) is 56.7 Å². The Morgan fingerprint density at radius 1 is 1.24 bits per heavy atom. The van der Waals surface area contributed by atoms with Gasteiger partial charge in [0.1, 0.15) is 5.75 Å². The topological polar surface area (TPSA) is 44.8 Å². The first-order valence-corrected chi connectivity index (χ1v) is 7.70. The number of piperazine rings is 1. The fourth-order valence-corrected chi connectivity index (χ4v) is 3.17. The second kappa shape index (κ2) is 6.35. The monoisotopic (exact) mass is 289 g/mol. The predicted octanol–water partition coefficient (Wildman–Crippen LogP) is 1.10. The lowest BCUT2D eigenvalue weighted by atomic mass is 10.1. The van der Waals surface area contributed by atoms with Gasteiger partial charge < -0.3 is 19.9 Å². The van der Waals surface area contributed by atoms with Crippen molar-refractivity contribution in [3.63, 3.8) is 0 Å². The van der Waals surface area contributed by atoms with Crippen LogP contribution < -0.4 is 15.0 Å². The van der Waals surface area contributed by atoms with Gasteiger partial charge in [0.25, 0.3) is 0 Å². The van der Waals surface area contributed by atoms with Gasteiger partial charge in [0.15, 0.2) is 0 Å². The Kier molecular flexibility index (Phi) is 4.29. The molecule has 0 spiro atoms. The third kappa shape index (κ3) is 2.97. The van der Waals surface area contributed by atoms with Crippen molar-refractivity contribution in [3.8, 4) is 5.75 Å². The first-order valence-electron chi connectivity index (χ1n) is 7.70. The molecule has 0 aliphatic carbocycles. The number of carbonyl (C=O) groups excluding carboxylic acids is 1. The molecular weight excluding hydrogens is 266 g/mol. The highest BCUT2D eigenvalue weighted by atomic mass is 16.5. The third-order valence-electron chi connectivity index (χ3n) is 4.38. The van der Waals surface area contributed by atoms with Crippen LogP contribution >= 0.6 is 0 Å². The highest BCUT2D eigenvalue weighted by molar-refractivity contribution is 5.82. The Labute approximate surface area is 125 Å². The fraction of sp³-hybridized carbons (Fsp3) is 0.562. The standard InChI is InChI=1S/C16H23N3O2/c1-21-15-7-3-2-6-14(15)18-9-11-19(12-10-18)16(20)13-5-4-8-17-13/h2-3,6-7,13,17H,4-5,8-12H2,1H3/t13-/m1/s1. The Morgan fingerprint density at radius 3 is 2.67 bits per heavy atom. The van der Waals surface area contributed by atoms with Crippen LogP contribution in [0.25, 0.3) is 0 Å². The highest BCUT2D eigenvalue weighted by Crippen LogP contribution is 2.28. The van der Waals surface area contributed by atoms with Crippen molar-refractivity contribution in [1.29, 1.82) is 0 Å². The molecule has 2 saturated heterocycles. The summed E-state index contributed by atoms with van der Waals surface area (Å²) in [5, 5.41) is 3.29. The molecule has 0 saturated carbocycles. The Hall–Kier alpha value is -1.75. The molecule has 2 aliphatic rings. The largest absolute Gasteiger partial charge is 0.495 e. The van der Waals surface area contributed by atoms with Crippen molar-refractivity contribution in [2.75, 3.05) is 44.7 Å². The molecule has 1 amide bonds. The summed E-state index contributed by atoms with van der Waals surface area (Å²) in [7, 11) is 1.70. The van der Waals surface area contributed by atoms with Gasteiger partial charge in [0.05, 0.1) is 18.8 Å². The van der Waals surface area contributed by atoms with Crippen LogP contribution in [0.15, 0.2) is 24.3 Å². The average Bonchev–Trinajstić information content (AvgIpc) is 3.09. The van der Waals surface area contributed by atoms with Crippen LogP contribution in [0.2, 0.25) is 0 Å². The molecule has 1 atom stereocenters. The van der Waals surface area contributed by atoms with E-state index in [9.17, 15) is 4.79 Å². The molecule has 0 bridgehead atoms. The number of nitrogens with one attached hydrogen (secondary N) is 1. The van der Waals surface area contributed by atoms with E-state index >= 15 is 0 Å². The lowest BCUT2D eigenvalue weighted by Crippen LogP contribution is -2.53. The van der Waals surface area contributed by atoms with Gasteiger partial charge in [-0.2, -0.15) is 0 Å². The lowest BCUT2D eigenvalue weighted by molar-refractivity contribution is -0.133. The number of para-hydroxylation sites is 2. The molecule has 1 aromatic rings. The SMILES string of the molecule is COc1ccccc1N1CCN(C(=O)[C@H]2CCCN2)CC1. The molecule has 2 fully saturated rings. The van der Waals surface area contributed by atoms with E-state index in [2.05, 4.69) is 16.3 Å². The quantitative estimate of drug-likeness (QED) is 0.905. The summed E-state index contributed by atoms with van der Waals surface area (Å²) in [6.07, 6.45) is 2.09. The van der Waals surface area contributed by atoms with Crippen LogP contribution in [0.3, 0.4) is 0 Å².